The third-order valence-corrected chi connectivity index (χ3v) is 2.77. The van der Waals surface area contributed by atoms with Gasteiger partial charge in [-0.15, -0.1) is 0 Å². The molecule has 0 atom stereocenters. The second kappa shape index (κ2) is 3.49. The summed E-state index contributed by atoms with van der Waals surface area (Å²) < 4.78 is 0. The van der Waals surface area contributed by atoms with E-state index in [4.69, 9.17) is 0 Å². The van der Waals surface area contributed by atoms with Crippen LogP contribution in [0, 0.1) is 6.92 Å². The molecule has 0 fully saturated rings. The van der Waals surface area contributed by atoms with E-state index in [0.29, 0.717) is 0 Å². The third-order valence-electron chi connectivity index (χ3n) is 2.77. The van der Waals surface area contributed by atoms with Crippen molar-refractivity contribution in [2.45, 2.75) is 6.92 Å². The maximum Gasteiger partial charge on any atom is 0.0931 e. The summed E-state index contributed by atoms with van der Waals surface area (Å²) in [6, 6.07) is 14.8. The second-order valence-electron chi connectivity index (χ2n) is 4.00. The topological polar surface area (TPSA) is 28.7 Å². The first-order chi connectivity index (χ1) is 7.83. The predicted octanol–water partition coefficient (Wildman–Crippen LogP) is 3.54. The standard InChI is InChI=1S/C14H12N2/c1-10-3-2-4-11(7-10)12-5-6-13-14(8-12)16-9-15-13/h2-9H,1H3,(H,15,16). The van der Waals surface area contributed by atoms with Crippen molar-refractivity contribution in [1.29, 1.82) is 0 Å². The summed E-state index contributed by atoms with van der Waals surface area (Å²) in [4.78, 5) is 7.35. The summed E-state index contributed by atoms with van der Waals surface area (Å²) in [5.41, 5.74) is 5.84. The number of rotatable bonds is 1. The van der Waals surface area contributed by atoms with E-state index in [9.17, 15) is 0 Å². The van der Waals surface area contributed by atoms with Crippen molar-refractivity contribution in [3.63, 3.8) is 0 Å². The molecule has 0 amide bonds. The molecule has 0 bridgehead atoms. The lowest BCUT2D eigenvalue weighted by atomic mass is 10.0. The van der Waals surface area contributed by atoms with Crippen LogP contribution in [0.15, 0.2) is 48.8 Å². The van der Waals surface area contributed by atoms with Gasteiger partial charge < -0.3 is 4.98 Å². The predicted molar refractivity (Wildman–Crippen MR) is 66.3 cm³/mol. The van der Waals surface area contributed by atoms with Crippen molar-refractivity contribution in [1.82, 2.24) is 9.97 Å². The van der Waals surface area contributed by atoms with E-state index in [1.54, 1.807) is 6.33 Å². The molecule has 0 aliphatic rings. The molecular weight excluding hydrogens is 196 g/mol. The van der Waals surface area contributed by atoms with Gasteiger partial charge in [0.2, 0.25) is 0 Å². The normalized spacial score (nSPS) is 10.8. The summed E-state index contributed by atoms with van der Waals surface area (Å²) >= 11 is 0. The molecule has 78 valence electrons. The zero-order valence-electron chi connectivity index (χ0n) is 9.07. The number of hydrogen-bond donors (Lipinski definition) is 1. The molecule has 2 aromatic carbocycles. The van der Waals surface area contributed by atoms with E-state index in [1.165, 1.54) is 16.7 Å². The molecule has 0 saturated heterocycles. The zero-order chi connectivity index (χ0) is 11.0. The van der Waals surface area contributed by atoms with Crippen LogP contribution in [0.3, 0.4) is 0 Å². The molecule has 0 aliphatic heterocycles. The number of nitrogens with one attached hydrogen (secondary N) is 1. The fourth-order valence-electron chi connectivity index (χ4n) is 1.94. The molecule has 0 radical (unpaired) electrons. The number of aryl methyl sites for hydroxylation is 1. The van der Waals surface area contributed by atoms with Crippen LogP contribution in [0.2, 0.25) is 0 Å². The average Bonchev–Trinajstić information content (AvgIpc) is 2.75. The van der Waals surface area contributed by atoms with Crippen molar-refractivity contribution < 1.29 is 0 Å². The Morgan fingerprint density at radius 1 is 1.00 bits per heavy atom. The van der Waals surface area contributed by atoms with Crippen LogP contribution in [0.25, 0.3) is 22.2 Å². The smallest absolute Gasteiger partial charge is 0.0931 e. The summed E-state index contributed by atoms with van der Waals surface area (Å²) in [5, 5.41) is 0. The average molecular weight is 208 g/mol. The van der Waals surface area contributed by atoms with Crippen molar-refractivity contribution in [3.05, 3.63) is 54.4 Å². The number of H-pyrrole nitrogens is 1. The lowest BCUT2D eigenvalue weighted by Gasteiger charge is -2.02. The molecule has 1 N–H and O–H groups in total. The number of aromatic nitrogens is 2. The monoisotopic (exact) mass is 208 g/mol. The van der Waals surface area contributed by atoms with Crippen molar-refractivity contribution in [3.8, 4) is 11.1 Å². The van der Waals surface area contributed by atoms with Gasteiger partial charge in [-0.25, -0.2) is 4.98 Å². The Labute approximate surface area is 94.0 Å². The van der Waals surface area contributed by atoms with Gasteiger partial charge >= 0.3 is 0 Å². The highest BCUT2D eigenvalue weighted by Crippen LogP contribution is 2.23. The Morgan fingerprint density at radius 2 is 1.88 bits per heavy atom. The molecule has 1 aromatic heterocycles. The van der Waals surface area contributed by atoms with Gasteiger partial charge in [-0.1, -0.05) is 35.9 Å². The molecule has 3 rings (SSSR count). The van der Waals surface area contributed by atoms with Crippen LogP contribution in [0.5, 0.6) is 0 Å². The molecule has 2 nitrogen and oxygen atoms in total. The molecule has 1 heterocycles. The van der Waals surface area contributed by atoms with Gasteiger partial charge in [-0.2, -0.15) is 0 Å². The molecular formula is C14H12N2. The minimum atomic E-state index is 1.01. The van der Waals surface area contributed by atoms with Crippen molar-refractivity contribution in [2.75, 3.05) is 0 Å². The maximum atomic E-state index is 4.22. The fraction of sp³-hybridized carbons (Fsp3) is 0.0714. The van der Waals surface area contributed by atoms with Gasteiger partial charge in [0.1, 0.15) is 0 Å². The number of benzene rings is 2. The quantitative estimate of drug-likeness (QED) is 0.651. The summed E-state index contributed by atoms with van der Waals surface area (Å²) in [5.74, 6) is 0. The van der Waals surface area contributed by atoms with E-state index < -0.39 is 0 Å². The van der Waals surface area contributed by atoms with E-state index in [-0.39, 0.29) is 0 Å². The molecule has 0 spiro atoms. The van der Waals surface area contributed by atoms with E-state index >= 15 is 0 Å². The fourth-order valence-corrected chi connectivity index (χ4v) is 1.94. The Bertz CT molecular complexity index is 638. The van der Waals surface area contributed by atoms with Crippen LogP contribution in [-0.2, 0) is 0 Å². The van der Waals surface area contributed by atoms with Crippen LogP contribution >= 0.6 is 0 Å². The molecule has 16 heavy (non-hydrogen) atoms. The number of imidazole rings is 1. The Balaban J connectivity index is 2.18. The molecule has 2 heteroatoms. The first kappa shape index (κ1) is 9.16. The number of hydrogen-bond acceptors (Lipinski definition) is 1. The second-order valence-corrected chi connectivity index (χ2v) is 4.00. The van der Waals surface area contributed by atoms with Crippen LogP contribution in [0.1, 0.15) is 5.56 Å². The van der Waals surface area contributed by atoms with Crippen LogP contribution in [0.4, 0.5) is 0 Å². The summed E-state index contributed by atoms with van der Waals surface area (Å²) in [6.07, 6.45) is 1.73. The van der Waals surface area contributed by atoms with E-state index in [0.717, 1.165) is 11.0 Å². The molecule has 0 saturated carbocycles. The lowest BCUT2D eigenvalue weighted by molar-refractivity contribution is 1.34. The molecule has 0 unspecified atom stereocenters. The van der Waals surface area contributed by atoms with Crippen molar-refractivity contribution in [2.24, 2.45) is 0 Å². The maximum absolute atomic E-state index is 4.22. The van der Waals surface area contributed by atoms with Crippen LogP contribution in [-0.4, -0.2) is 9.97 Å². The van der Waals surface area contributed by atoms with Gasteiger partial charge in [0.25, 0.3) is 0 Å². The summed E-state index contributed by atoms with van der Waals surface area (Å²) in [6.45, 7) is 2.11. The van der Waals surface area contributed by atoms with Crippen LogP contribution < -0.4 is 0 Å². The van der Waals surface area contributed by atoms with E-state index in [2.05, 4.69) is 53.3 Å². The van der Waals surface area contributed by atoms with Gasteiger partial charge in [-0.05, 0) is 30.2 Å². The first-order valence-corrected chi connectivity index (χ1v) is 5.33. The van der Waals surface area contributed by atoms with Gasteiger partial charge in [-0.3, -0.25) is 0 Å². The highest BCUT2D eigenvalue weighted by Gasteiger charge is 2.00. The Morgan fingerprint density at radius 3 is 2.75 bits per heavy atom. The Kier molecular flexibility index (Phi) is 2.00. The third kappa shape index (κ3) is 1.48. The number of nitrogens with zero attached hydrogens (tertiary/aromatic N) is 1. The van der Waals surface area contributed by atoms with Gasteiger partial charge in [0, 0.05) is 0 Å². The Hall–Kier alpha value is -2.09. The van der Waals surface area contributed by atoms with Gasteiger partial charge in [0.15, 0.2) is 0 Å². The number of fused-ring (bicyclic) bond motifs is 1. The highest BCUT2D eigenvalue weighted by atomic mass is 14.9. The SMILES string of the molecule is Cc1cccc(-c2ccc3nc[nH]c3c2)c1. The van der Waals surface area contributed by atoms with Crippen molar-refractivity contribution >= 4 is 11.0 Å². The first-order valence-electron chi connectivity index (χ1n) is 5.33. The minimum Gasteiger partial charge on any atom is -0.345 e. The van der Waals surface area contributed by atoms with Gasteiger partial charge in [0.05, 0.1) is 17.4 Å². The summed E-state index contributed by atoms with van der Waals surface area (Å²) in [7, 11) is 0. The lowest BCUT2D eigenvalue weighted by Crippen LogP contribution is -1.79. The zero-order valence-corrected chi connectivity index (χ0v) is 9.07. The largest absolute Gasteiger partial charge is 0.345 e. The minimum absolute atomic E-state index is 1.01. The molecule has 3 aromatic rings. The highest BCUT2D eigenvalue weighted by molar-refractivity contribution is 5.81. The van der Waals surface area contributed by atoms with E-state index in [1.807, 2.05) is 6.07 Å². The molecule has 0 aliphatic carbocycles. The number of aromatic amines is 1.